The molecule has 0 bridgehead atoms. The number of ketones is 1. The predicted octanol–water partition coefficient (Wildman–Crippen LogP) is 1.10. The lowest BCUT2D eigenvalue weighted by atomic mass is 9.85. The van der Waals surface area contributed by atoms with Gasteiger partial charge in [-0.1, -0.05) is 52.8 Å². The normalized spacial score (nSPS) is 13.7. The fraction of sp³-hybridized carbons (Fsp3) is 0.481. The van der Waals surface area contributed by atoms with Crippen molar-refractivity contribution >= 4 is 29.4 Å². The molecule has 11 heteroatoms. The van der Waals surface area contributed by atoms with E-state index in [1.807, 2.05) is 0 Å². The van der Waals surface area contributed by atoms with Crippen molar-refractivity contribution in [3.8, 4) is 0 Å². The Morgan fingerprint density at radius 3 is 2.08 bits per heavy atom. The number of hydrogen-bond donors (Lipinski definition) is 4. The van der Waals surface area contributed by atoms with Gasteiger partial charge in [0.1, 0.15) is 12.1 Å². The number of rotatable bonds is 11. The Kier molecular flexibility index (Phi) is 10.3. The van der Waals surface area contributed by atoms with Crippen LogP contribution in [0, 0.1) is 11.3 Å². The molecular weight excluding hydrogens is 488 g/mol. The molecule has 0 spiro atoms. The number of aryl methyl sites for hydroxylation is 1. The van der Waals surface area contributed by atoms with Crippen LogP contribution in [-0.4, -0.2) is 57.1 Å². The molecule has 0 aliphatic rings. The van der Waals surface area contributed by atoms with E-state index in [1.165, 1.54) is 6.92 Å². The second-order valence-electron chi connectivity index (χ2n) is 10.6. The number of carbonyl (C=O) groups excluding carboxylic acids is 5. The van der Waals surface area contributed by atoms with Crippen molar-refractivity contribution in [1.82, 2.24) is 30.8 Å². The second kappa shape index (κ2) is 13.0. The van der Waals surface area contributed by atoms with Crippen molar-refractivity contribution in [2.75, 3.05) is 0 Å². The van der Waals surface area contributed by atoms with Gasteiger partial charge in [-0.25, -0.2) is 4.98 Å². The molecule has 11 nitrogen and oxygen atoms in total. The lowest BCUT2D eigenvalue weighted by molar-refractivity contribution is -0.141. The van der Waals surface area contributed by atoms with Crippen molar-refractivity contribution in [2.24, 2.45) is 18.4 Å². The summed E-state index contributed by atoms with van der Waals surface area (Å²) in [5, 5.41) is 10.5. The number of nitrogens with one attached hydrogen (secondary N) is 4. The minimum absolute atomic E-state index is 0.106. The van der Waals surface area contributed by atoms with Crippen LogP contribution < -0.4 is 21.3 Å². The van der Waals surface area contributed by atoms with Crippen molar-refractivity contribution in [1.29, 1.82) is 0 Å². The van der Waals surface area contributed by atoms with Crippen LogP contribution in [0.3, 0.4) is 0 Å². The molecule has 0 aliphatic carbocycles. The third-order valence-corrected chi connectivity index (χ3v) is 6.01. The first-order valence-corrected chi connectivity index (χ1v) is 12.5. The Balaban J connectivity index is 2.03. The van der Waals surface area contributed by atoms with Gasteiger partial charge >= 0.3 is 0 Å². The fourth-order valence-corrected chi connectivity index (χ4v) is 3.61. The molecule has 1 heterocycles. The van der Waals surface area contributed by atoms with Gasteiger partial charge in [0.05, 0.1) is 24.6 Å². The highest BCUT2D eigenvalue weighted by molar-refractivity contribution is 6.38. The molecule has 0 saturated heterocycles. The number of Topliss-reactive ketones (excluding diaryl/α,β-unsaturated/α-hetero) is 1. The topological polar surface area (TPSA) is 151 Å². The van der Waals surface area contributed by atoms with Gasteiger partial charge in [0.15, 0.2) is 0 Å². The number of carbonyl (C=O) groups is 5. The van der Waals surface area contributed by atoms with Crippen LogP contribution in [0.1, 0.15) is 57.6 Å². The number of hydrogen-bond acceptors (Lipinski definition) is 6. The second-order valence-corrected chi connectivity index (χ2v) is 10.6. The first kappa shape index (κ1) is 30.2. The molecule has 0 saturated carbocycles. The van der Waals surface area contributed by atoms with Gasteiger partial charge in [0, 0.05) is 18.8 Å². The van der Waals surface area contributed by atoms with Crippen LogP contribution in [0.25, 0.3) is 0 Å². The van der Waals surface area contributed by atoms with Crippen molar-refractivity contribution < 1.29 is 24.0 Å². The Morgan fingerprint density at radius 1 is 0.921 bits per heavy atom. The first-order valence-electron chi connectivity index (χ1n) is 12.5. The summed E-state index contributed by atoms with van der Waals surface area (Å²) in [7, 11) is 1.76. The van der Waals surface area contributed by atoms with Crippen LogP contribution in [0.5, 0.6) is 0 Å². The minimum Gasteiger partial charge on any atom is -0.344 e. The van der Waals surface area contributed by atoms with Crippen LogP contribution in [0.15, 0.2) is 42.9 Å². The highest BCUT2D eigenvalue weighted by atomic mass is 16.2. The number of aromatic nitrogens is 2. The SMILES string of the molecule is CC(C)[C@H](NC(=O)[C@H](C)NC(=O)[C@@H](NC(=O)c1ccccc1)C(C)(C)C)C(=O)C(=O)NCc1cncn1C. The van der Waals surface area contributed by atoms with Gasteiger partial charge in [0.2, 0.25) is 17.6 Å². The van der Waals surface area contributed by atoms with E-state index in [1.54, 1.807) is 89.1 Å². The minimum atomic E-state index is -1.09. The quantitative estimate of drug-likeness (QED) is 0.322. The molecule has 2 rings (SSSR count). The Morgan fingerprint density at radius 2 is 1.55 bits per heavy atom. The molecule has 1 aromatic heterocycles. The Labute approximate surface area is 223 Å². The van der Waals surface area contributed by atoms with E-state index in [0.29, 0.717) is 11.3 Å². The number of amides is 4. The molecule has 2 aromatic rings. The molecule has 1 aromatic carbocycles. The summed E-state index contributed by atoms with van der Waals surface area (Å²) in [6.45, 7) is 10.4. The largest absolute Gasteiger partial charge is 0.344 e. The van der Waals surface area contributed by atoms with Gasteiger partial charge < -0.3 is 25.8 Å². The summed E-state index contributed by atoms with van der Waals surface area (Å²) in [6, 6.07) is 5.43. The Hall–Kier alpha value is -4.02. The lowest BCUT2D eigenvalue weighted by Gasteiger charge is -2.31. The van der Waals surface area contributed by atoms with E-state index < -0.39 is 53.0 Å². The highest BCUT2D eigenvalue weighted by Crippen LogP contribution is 2.20. The lowest BCUT2D eigenvalue weighted by Crippen LogP contribution is -2.59. The van der Waals surface area contributed by atoms with E-state index >= 15 is 0 Å². The average molecular weight is 527 g/mol. The first-order chi connectivity index (χ1) is 17.7. The van der Waals surface area contributed by atoms with Gasteiger partial charge in [-0.3, -0.25) is 24.0 Å². The van der Waals surface area contributed by atoms with Gasteiger partial charge in [-0.15, -0.1) is 0 Å². The maximum atomic E-state index is 13.1. The van der Waals surface area contributed by atoms with Crippen LogP contribution in [0.2, 0.25) is 0 Å². The summed E-state index contributed by atoms with van der Waals surface area (Å²) < 4.78 is 1.71. The summed E-state index contributed by atoms with van der Waals surface area (Å²) in [5.41, 5.74) is 0.452. The van der Waals surface area contributed by atoms with Gasteiger partial charge in [-0.2, -0.15) is 0 Å². The zero-order valence-corrected chi connectivity index (χ0v) is 23.0. The highest BCUT2D eigenvalue weighted by Gasteiger charge is 2.35. The third kappa shape index (κ3) is 8.25. The summed E-state index contributed by atoms with van der Waals surface area (Å²) in [6.07, 6.45) is 3.15. The predicted molar refractivity (Wildman–Crippen MR) is 142 cm³/mol. The van der Waals surface area contributed by atoms with Crippen LogP contribution >= 0.6 is 0 Å². The van der Waals surface area contributed by atoms with Crippen molar-refractivity contribution in [2.45, 2.75) is 66.2 Å². The molecule has 4 N–H and O–H groups in total. The molecule has 0 radical (unpaired) electrons. The van der Waals surface area contributed by atoms with E-state index in [-0.39, 0.29) is 12.5 Å². The summed E-state index contributed by atoms with van der Waals surface area (Å²) in [5.74, 6) is -3.61. The molecule has 4 amide bonds. The zero-order valence-electron chi connectivity index (χ0n) is 23.0. The number of benzene rings is 1. The molecule has 206 valence electrons. The smallest absolute Gasteiger partial charge is 0.289 e. The summed E-state index contributed by atoms with van der Waals surface area (Å²) >= 11 is 0. The molecule has 38 heavy (non-hydrogen) atoms. The Bertz CT molecular complexity index is 1150. The molecule has 3 atom stereocenters. The van der Waals surface area contributed by atoms with Crippen LogP contribution in [0.4, 0.5) is 0 Å². The van der Waals surface area contributed by atoms with Gasteiger partial charge in [0.25, 0.3) is 11.8 Å². The molecule has 0 unspecified atom stereocenters. The van der Waals surface area contributed by atoms with E-state index in [2.05, 4.69) is 26.3 Å². The molecule has 0 aliphatic heterocycles. The maximum Gasteiger partial charge on any atom is 0.289 e. The molecule has 0 fully saturated rings. The van der Waals surface area contributed by atoms with E-state index in [9.17, 15) is 24.0 Å². The standard InChI is InChI=1S/C27H38N6O5/c1-16(2)20(21(34)25(37)29-14-19-13-28-15-33(19)7)31-23(35)17(3)30-26(38)22(27(4,5)6)32-24(36)18-11-9-8-10-12-18/h8-13,15-17,20,22H,14H2,1-7H3,(H,29,37)(H,30,38)(H,31,35)(H,32,36)/t17-,20-,22+/m0/s1. The van der Waals surface area contributed by atoms with Gasteiger partial charge in [-0.05, 0) is 30.4 Å². The average Bonchev–Trinajstić information content (AvgIpc) is 3.27. The third-order valence-electron chi connectivity index (χ3n) is 6.01. The number of nitrogens with zero attached hydrogens (tertiary/aromatic N) is 2. The molecular formula is C27H38N6O5. The zero-order chi connectivity index (χ0) is 28.6. The summed E-state index contributed by atoms with van der Waals surface area (Å²) in [4.78, 5) is 68.0. The number of imidazole rings is 1. The maximum absolute atomic E-state index is 13.1. The van der Waals surface area contributed by atoms with Crippen molar-refractivity contribution in [3.63, 3.8) is 0 Å². The van der Waals surface area contributed by atoms with Crippen LogP contribution in [-0.2, 0) is 32.8 Å². The fourth-order valence-electron chi connectivity index (χ4n) is 3.61. The van der Waals surface area contributed by atoms with E-state index in [4.69, 9.17) is 0 Å². The van der Waals surface area contributed by atoms with E-state index in [0.717, 1.165) is 0 Å². The van der Waals surface area contributed by atoms with Crippen molar-refractivity contribution in [3.05, 3.63) is 54.1 Å². The monoisotopic (exact) mass is 526 g/mol.